The van der Waals surface area contributed by atoms with Gasteiger partial charge in [-0.15, -0.1) is 11.3 Å². The van der Waals surface area contributed by atoms with Gasteiger partial charge in [0.2, 0.25) is 0 Å². The van der Waals surface area contributed by atoms with Gasteiger partial charge in [0, 0.05) is 15.8 Å². The van der Waals surface area contributed by atoms with E-state index in [1.807, 2.05) is 30.3 Å². The van der Waals surface area contributed by atoms with Gasteiger partial charge < -0.3 is 10.1 Å². The van der Waals surface area contributed by atoms with Gasteiger partial charge in [-0.2, -0.15) is 0 Å². The maximum absolute atomic E-state index is 13.9. The van der Waals surface area contributed by atoms with Gasteiger partial charge in [0.1, 0.15) is 5.00 Å². The number of fused-ring (bicyclic) bond motifs is 2. The third kappa shape index (κ3) is 5.42. The van der Waals surface area contributed by atoms with E-state index in [-0.39, 0.29) is 16.7 Å². The van der Waals surface area contributed by atoms with Crippen LogP contribution in [0.15, 0.2) is 54.6 Å². The zero-order valence-electron chi connectivity index (χ0n) is 24.5. The summed E-state index contributed by atoms with van der Waals surface area (Å²) in [7, 11) is 1.40. The molecular formula is C34H38N2O3S. The molecular weight excluding hydrogens is 516 g/mol. The van der Waals surface area contributed by atoms with E-state index >= 15 is 0 Å². The van der Waals surface area contributed by atoms with E-state index in [2.05, 4.69) is 71.1 Å². The smallest absolute Gasteiger partial charge is 0.341 e. The molecule has 0 saturated heterocycles. The molecule has 208 valence electrons. The first-order valence-electron chi connectivity index (χ1n) is 13.9. The van der Waals surface area contributed by atoms with Gasteiger partial charge in [0.05, 0.1) is 29.4 Å². The van der Waals surface area contributed by atoms with Crippen LogP contribution in [0, 0.1) is 11.3 Å². The fraction of sp³-hybridized carbons (Fsp3) is 0.382. The molecule has 4 aromatic rings. The van der Waals surface area contributed by atoms with Gasteiger partial charge in [-0.1, -0.05) is 84.0 Å². The van der Waals surface area contributed by atoms with Crippen LogP contribution in [0.4, 0.5) is 5.00 Å². The highest BCUT2D eigenvalue weighted by molar-refractivity contribution is 7.17. The Labute approximate surface area is 241 Å². The minimum absolute atomic E-state index is 0.0461. The summed E-state index contributed by atoms with van der Waals surface area (Å²) >= 11 is 1.51. The van der Waals surface area contributed by atoms with E-state index in [1.54, 1.807) is 0 Å². The lowest BCUT2D eigenvalue weighted by molar-refractivity contribution is 0.0600. The summed E-state index contributed by atoms with van der Waals surface area (Å²) in [4.78, 5) is 32.9. The van der Waals surface area contributed by atoms with Crippen molar-refractivity contribution in [3.05, 3.63) is 81.7 Å². The Morgan fingerprint density at radius 2 is 1.70 bits per heavy atom. The highest BCUT2D eigenvalue weighted by atomic mass is 32.1. The average molecular weight is 555 g/mol. The summed E-state index contributed by atoms with van der Waals surface area (Å²) < 4.78 is 5.17. The van der Waals surface area contributed by atoms with Crippen LogP contribution in [-0.2, 0) is 23.0 Å². The minimum Gasteiger partial charge on any atom is -0.465 e. The Kier molecular flexibility index (Phi) is 7.34. The molecule has 0 aliphatic heterocycles. The summed E-state index contributed by atoms with van der Waals surface area (Å²) in [6.07, 6.45) is 2.72. The molecule has 0 fully saturated rings. The number of nitrogens with zero attached hydrogens (tertiary/aromatic N) is 1. The van der Waals surface area contributed by atoms with Crippen molar-refractivity contribution in [1.29, 1.82) is 0 Å². The SMILES string of the molecule is COC(=O)c1c(NC(=O)c2cc(-c3ccc(C(C)(C)C)cc3)nc3ccccc23)sc2c1CC[C@H](C(C)(C)C)C2. The Balaban J connectivity index is 1.54. The summed E-state index contributed by atoms with van der Waals surface area (Å²) in [5.41, 5.74) is 5.93. The number of hydrogen-bond donors (Lipinski definition) is 1. The topological polar surface area (TPSA) is 68.3 Å². The monoisotopic (exact) mass is 554 g/mol. The number of pyridine rings is 1. The number of nitrogens with one attached hydrogen (secondary N) is 1. The van der Waals surface area contributed by atoms with Gasteiger partial charge in [-0.25, -0.2) is 9.78 Å². The number of benzene rings is 2. The highest BCUT2D eigenvalue weighted by Crippen LogP contribution is 2.44. The third-order valence-electron chi connectivity index (χ3n) is 8.11. The van der Waals surface area contributed by atoms with Crippen molar-refractivity contribution < 1.29 is 14.3 Å². The molecule has 2 aromatic carbocycles. The normalized spacial score (nSPS) is 15.5. The molecule has 5 rings (SSSR count). The first kappa shape index (κ1) is 28.0. The Morgan fingerprint density at radius 3 is 2.35 bits per heavy atom. The largest absolute Gasteiger partial charge is 0.465 e. The molecule has 6 heteroatoms. The standard InChI is InChI=1S/C34H38N2O3S/c1-33(2,3)21-14-12-20(13-15-21)27-19-25(23-10-8-9-11-26(23)35-27)30(37)36-31-29(32(38)39-7)24-17-16-22(34(4,5)6)18-28(24)40-31/h8-15,19,22H,16-18H2,1-7H3,(H,36,37)/t22-/m0/s1. The summed E-state index contributed by atoms with van der Waals surface area (Å²) in [5.74, 6) is -0.146. The third-order valence-corrected chi connectivity index (χ3v) is 9.28. The second kappa shape index (κ2) is 10.5. The number of thiophene rings is 1. The van der Waals surface area contributed by atoms with Gasteiger partial charge in [0.15, 0.2) is 0 Å². The van der Waals surface area contributed by atoms with Crippen LogP contribution in [0.25, 0.3) is 22.2 Å². The van der Waals surface area contributed by atoms with Crippen molar-refractivity contribution in [2.45, 2.75) is 66.2 Å². The van der Waals surface area contributed by atoms with Gasteiger partial charge in [0.25, 0.3) is 5.91 Å². The van der Waals surface area contributed by atoms with E-state index in [0.29, 0.717) is 22.0 Å². The van der Waals surface area contributed by atoms with Crippen LogP contribution in [0.2, 0.25) is 0 Å². The molecule has 1 N–H and O–H groups in total. The molecule has 0 bridgehead atoms. The molecule has 2 heterocycles. The van der Waals surface area contributed by atoms with E-state index in [1.165, 1.54) is 28.9 Å². The quantitative estimate of drug-likeness (QED) is 0.257. The fourth-order valence-corrected chi connectivity index (χ4v) is 6.86. The average Bonchev–Trinajstić information content (AvgIpc) is 3.28. The molecule has 1 aliphatic rings. The summed E-state index contributed by atoms with van der Waals surface area (Å²) in [6.45, 7) is 13.4. The van der Waals surface area contributed by atoms with Crippen molar-refractivity contribution in [3.63, 3.8) is 0 Å². The Morgan fingerprint density at radius 1 is 1.00 bits per heavy atom. The van der Waals surface area contributed by atoms with E-state index in [9.17, 15) is 9.59 Å². The second-order valence-electron chi connectivity index (χ2n) is 12.9. The van der Waals surface area contributed by atoms with Crippen LogP contribution >= 0.6 is 11.3 Å². The Hall–Kier alpha value is -3.51. The second-order valence-corrected chi connectivity index (χ2v) is 14.0. The predicted molar refractivity (Wildman–Crippen MR) is 164 cm³/mol. The van der Waals surface area contributed by atoms with Crippen molar-refractivity contribution in [3.8, 4) is 11.3 Å². The lowest BCUT2D eigenvalue weighted by Crippen LogP contribution is -2.26. The number of anilines is 1. The molecule has 1 aliphatic carbocycles. The van der Waals surface area contributed by atoms with E-state index < -0.39 is 5.97 Å². The number of amides is 1. The number of esters is 1. The number of carbonyl (C=O) groups is 2. The van der Waals surface area contributed by atoms with Crippen LogP contribution < -0.4 is 5.32 Å². The number of rotatable bonds is 4. The molecule has 0 spiro atoms. The lowest BCUT2D eigenvalue weighted by atomic mass is 9.72. The van der Waals surface area contributed by atoms with Gasteiger partial charge in [-0.3, -0.25) is 4.79 Å². The lowest BCUT2D eigenvalue weighted by Gasteiger charge is -2.33. The zero-order valence-corrected chi connectivity index (χ0v) is 25.3. The van der Waals surface area contributed by atoms with Crippen LogP contribution in [0.5, 0.6) is 0 Å². The number of ether oxygens (including phenoxy) is 1. The number of hydrogen-bond acceptors (Lipinski definition) is 5. The van der Waals surface area contributed by atoms with Crippen molar-refractivity contribution >= 4 is 39.1 Å². The van der Waals surface area contributed by atoms with Crippen LogP contribution in [0.3, 0.4) is 0 Å². The van der Waals surface area contributed by atoms with E-state index in [4.69, 9.17) is 9.72 Å². The number of methoxy groups -OCH3 is 1. The minimum atomic E-state index is -0.402. The summed E-state index contributed by atoms with van der Waals surface area (Å²) in [5, 5.41) is 4.43. The first-order chi connectivity index (χ1) is 18.9. The predicted octanol–water partition coefficient (Wildman–Crippen LogP) is 8.45. The molecule has 0 saturated carbocycles. The molecule has 40 heavy (non-hydrogen) atoms. The number of carbonyl (C=O) groups excluding carboxylic acids is 2. The van der Waals surface area contributed by atoms with Gasteiger partial charge >= 0.3 is 5.97 Å². The molecule has 1 atom stereocenters. The molecule has 2 aromatic heterocycles. The number of para-hydroxylation sites is 1. The highest BCUT2D eigenvalue weighted by Gasteiger charge is 2.34. The van der Waals surface area contributed by atoms with Gasteiger partial charge in [-0.05, 0) is 59.3 Å². The fourth-order valence-electron chi connectivity index (χ4n) is 5.55. The molecule has 5 nitrogen and oxygen atoms in total. The number of aromatic nitrogens is 1. The van der Waals surface area contributed by atoms with Crippen molar-refractivity contribution in [1.82, 2.24) is 4.98 Å². The van der Waals surface area contributed by atoms with Crippen molar-refractivity contribution in [2.75, 3.05) is 12.4 Å². The maximum Gasteiger partial charge on any atom is 0.341 e. The van der Waals surface area contributed by atoms with Crippen molar-refractivity contribution in [2.24, 2.45) is 11.3 Å². The molecule has 0 radical (unpaired) electrons. The van der Waals surface area contributed by atoms with Crippen LogP contribution in [0.1, 0.15) is 84.7 Å². The van der Waals surface area contributed by atoms with Crippen LogP contribution in [-0.4, -0.2) is 24.0 Å². The maximum atomic E-state index is 13.9. The Bertz CT molecular complexity index is 1590. The molecule has 1 amide bonds. The summed E-state index contributed by atoms with van der Waals surface area (Å²) in [6, 6.07) is 17.9. The zero-order chi connectivity index (χ0) is 28.8. The van der Waals surface area contributed by atoms with E-state index in [0.717, 1.165) is 47.0 Å². The molecule has 0 unspecified atom stereocenters. The first-order valence-corrected chi connectivity index (χ1v) is 14.7.